The molecule has 0 saturated carbocycles. The number of aliphatic hydroxyl groups is 1. The van der Waals surface area contributed by atoms with Gasteiger partial charge in [0.05, 0.1) is 5.75 Å². The number of carbonyl (C=O) groups is 1. The molecule has 0 saturated heterocycles. The molecule has 1 rings (SSSR count). The topological polar surface area (TPSA) is 49.3 Å². The van der Waals surface area contributed by atoms with Crippen LogP contribution in [-0.2, 0) is 4.79 Å². The zero-order chi connectivity index (χ0) is 12.7. The Hall–Kier alpha value is -0.520. The van der Waals surface area contributed by atoms with Crippen molar-refractivity contribution in [2.45, 2.75) is 13.3 Å². The van der Waals surface area contributed by atoms with Gasteiger partial charge in [-0.3, -0.25) is 4.79 Å². The summed E-state index contributed by atoms with van der Waals surface area (Å²) in [5.74, 6) is 1.23. The first-order valence-electron chi connectivity index (χ1n) is 5.38. The molecule has 0 unspecified atom stereocenters. The SMILES string of the molecule is Cc1cc(Br)ccc1NC(=O)CSCCCO. The van der Waals surface area contributed by atoms with E-state index < -0.39 is 0 Å². The maximum absolute atomic E-state index is 11.6. The van der Waals surface area contributed by atoms with Crippen LogP contribution in [0.15, 0.2) is 22.7 Å². The van der Waals surface area contributed by atoms with Gasteiger partial charge in [-0.15, -0.1) is 0 Å². The summed E-state index contributed by atoms with van der Waals surface area (Å²) < 4.78 is 1.00. The first-order chi connectivity index (χ1) is 8.13. The summed E-state index contributed by atoms with van der Waals surface area (Å²) in [6.07, 6.45) is 0.731. The third-order valence-electron chi connectivity index (χ3n) is 2.14. The van der Waals surface area contributed by atoms with Crippen molar-refractivity contribution in [3.63, 3.8) is 0 Å². The Bertz CT molecular complexity index is 385. The number of carbonyl (C=O) groups excluding carboxylic acids is 1. The fourth-order valence-corrected chi connectivity index (χ4v) is 2.50. The summed E-state index contributed by atoms with van der Waals surface area (Å²) in [5, 5.41) is 11.5. The number of amides is 1. The van der Waals surface area contributed by atoms with E-state index in [-0.39, 0.29) is 12.5 Å². The molecule has 2 N–H and O–H groups in total. The highest BCUT2D eigenvalue weighted by molar-refractivity contribution is 9.10. The number of hydrogen-bond acceptors (Lipinski definition) is 3. The fraction of sp³-hybridized carbons (Fsp3) is 0.417. The molecule has 0 aliphatic carbocycles. The first-order valence-corrected chi connectivity index (χ1v) is 7.33. The molecule has 0 radical (unpaired) electrons. The normalized spacial score (nSPS) is 10.3. The number of rotatable bonds is 6. The summed E-state index contributed by atoms with van der Waals surface area (Å²) >= 11 is 4.91. The summed E-state index contributed by atoms with van der Waals surface area (Å²) in [6, 6.07) is 5.76. The lowest BCUT2D eigenvalue weighted by molar-refractivity contribution is -0.113. The molecule has 0 heterocycles. The van der Waals surface area contributed by atoms with Gasteiger partial charge in [-0.1, -0.05) is 15.9 Å². The van der Waals surface area contributed by atoms with E-state index in [1.807, 2.05) is 25.1 Å². The van der Waals surface area contributed by atoms with Crippen molar-refractivity contribution in [3.05, 3.63) is 28.2 Å². The van der Waals surface area contributed by atoms with E-state index in [0.717, 1.165) is 27.9 Å². The van der Waals surface area contributed by atoms with Crippen LogP contribution in [0.4, 0.5) is 5.69 Å². The Labute approximate surface area is 114 Å². The van der Waals surface area contributed by atoms with Gasteiger partial charge in [-0.2, -0.15) is 11.8 Å². The number of benzene rings is 1. The smallest absolute Gasteiger partial charge is 0.234 e. The molecular weight excluding hydrogens is 302 g/mol. The van der Waals surface area contributed by atoms with Gasteiger partial charge in [0.15, 0.2) is 0 Å². The Morgan fingerprint density at radius 2 is 2.29 bits per heavy atom. The Morgan fingerprint density at radius 1 is 1.53 bits per heavy atom. The molecule has 1 amide bonds. The average Bonchev–Trinajstić information content (AvgIpc) is 2.28. The van der Waals surface area contributed by atoms with Crippen LogP contribution in [0.3, 0.4) is 0 Å². The predicted molar refractivity (Wildman–Crippen MR) is 76.5 cm³/mol. The molecular formula is C12H16BrNO2S. The fourth-order valence-electron chi connectivity index (χ4n) is 1.29. The molecule has 0 atom stereocenters. The van der Waals surface area contributed by atoms with Gasteiger partial charge >= 0.3 is 0 Å². The maximum Gasteiger partial charge on any atom is 0.234 e. The predicted octanol–water partition coefficient (Wildman–Crippen LogP) is 2.81. The summed E-state index contributed by atoms with van der Waals surface area (Å²) in [4.78, 5) is 11.6. The largest absolute Gasteiger partial charge is 0.396 e. The number of thioether (sulfide) groups is 1. The van der Waals surface area contributed by atoms with Gasteiger partial charge in [-0.25, -0.2) is 0 Å². The van der Waals surface area contributed by atoms with E-state index in [1.54, 1.807) is 0 Å². The minimum absolute atomic E-state index is 0.00152. The van der Waals surface area contributed by atoms with E-state index in [0.29, 0.717) is 5.75 Å². The minimum atomic E-state index is -0.00152. The molecule has 17 heavy (non-hydrogen) atoms. The van der Waals surface area contributed by atoms with Gasteiger partial charge in [0.2, 0.25) is 5.91 Å². The molecule has 94 valence electrons. The zero-order valence-corrected chi connectivity index (χ0v) is 12.1. The Kier molecular flexibility index (Phi) is 6.62. The van der Waals surface area contributed by atoms with Gasteiger partial charge in [-0.05, 0) is 42.9 Å². The minimum Gasteiger partial charge on any atom is -0.396 e. The van der Waals surface area contributed by atoms with Gasteiger partial charge in [0, 0.05) is 16.8 Å². The van der Waals surface area contributed by atoms with E-state index in [9.17, 15) is 4.79 Å². The number of halogens is 1. The molecule has 1 aromatic rings. The standard InChI is InChI=1S/C12H16BrNO2S/c1-9-7-10(13)3-4-11(9)14-12(16)8-17-6-2-5-15/h3-4,7,15H,2,5-6,8H2,1H3,(H,14,16). The molecule has 0 fully saturated rings. The van der Waals surface area contributed by atoms with E-state index in [4.69, 9.17) is 5.11 Å². The highest BCUT2D eigenvalue weighted by atomic mass is 79.9. The summed E-state index contributed by atoms with van der Waals surface area (Å²) in [7, 11) is 0. The summed E-state index contributed by atoms with van der Waals surface area (Å²) in [6.45, 7) is 2.14. The van der Waals surface area contributed by atoms with Crippen LogP contribution in [0.5, 0.6) is 0 Å². The van der Waals surface area contributed by atoms with Crippen molar-refractivity contribution in [1.29, 1.82) is 0 Å². The van der Waals surface area contributed by atoms with E-state index >= 15 is 0 Å². The second-order valence-electron chi connectivity index (χ2n) is 3.64. The average molecular weight is 318 g/mol. The number of aryl methyl sites for hydroxylation is 1. The number of nitrogens with one attached hydrogen (secondary N) is 1. The second-order valence-corrected chi connectivity index (χ2v) is 5.66. The Balaban J connectivity index is 2.40. The first kappa shape index (κ1) is 14.5. The molecule has 0 spiro atoms. The molecule has 0 aromatic heterocycles. The number of hydrogen-bond donors (Lipinski definition) is 2. The van der Waals surface area contributed by atoms with Crippen LogP contribution >= 0.6 is 27.7 Å². The van der Waals surface area contributed by atoms with Crippen LogP contribution in [0.1, 0.15) is 12.0 Å². The van der Waals surface area contributed by atoms with Gasteiger partial charge in [0.25, 0.3) is 0 Å². The number of anilines is 1. The number of aliphatic hydroxyl groups excluding tert-OH is 1. The summed E-state index contributed by atoms with van der Waals surface area (Å²) in [5.41, 5.74) is 1.88. The molecule has 1 aromatic carbocycles. The van der Waals surface area contributed by atoms with Crippen molar-refractivity contribution in [2.75, 3.05) is 23.4 Å². The molecule has 0 bridgehead atoms. The van der Waals surface area contributed by atoms with Crippen molar-refractivity contribution >= 4 is 39.3 Å². The van der Waals surface area contributed by atoms with Crippen LogP contribution < -0.4 is 5.32 Å². The lowest BCUT2D eigenvalue weighted by atomic mass is 10.2. The maximum atomic E-state index is 11.6. The van der Waals surface area contributed by atoms with E-state index in [1.165, 1.54) is 11.8 Å². The van der Waals surface area contributed by atoms with Crippen LogP contribution in [0.2, 0.25) is 0 Å². The highest BCUT2D eigenvalue weighted by Crippen LogP contribution is 2.20. The zero-order valence-electron chi connectivity index (χ0n) is 9.70. The molecule has 0 aliphatic rings. The van der Waals surface area contributed by atoms with Crippen molar-refractivity contribution in [3.8, 4) is 0 Å². The lowest BCUT2D eigenvalue weighted by Gasteiger charge is -2.08. The lowest BCUT2D eigenvalue weighted by Crippen LogP contribution is -2.15. The third kappa shape index (κ3) is 5.57. The van der Waals surface area contributed by atoms with Crippen molar-refractivity contribution in [1.82, 2.24) is 0 Å². The highest BCUT2D eigenvalue weighted by Gasteiger charge is 2.04. The molecule has 0 aliphatic heterocycles. The molecule has 3 nitrogen and oxygen atoms in total. The van der Waals surface area contributed by atoms with Crippen molar-refractivity contribution < 1.29 is 9.90 Å². The van der Waals surface area contributed by atoms with Crippen LogP contribution in [0, 0.1) is 6.92 Å². The van der Waals surface area contributed by atoms with E-state index in [2.05, 4.69) is 21.2 Å². The Morgan fingerprint density at radius 3 is 2.94 bits per heavy atom. The van der Waals surface area contributed by atoms with Gasteiger partial charge in [0.1, 0.15) is 0 Å². The third-order valence-corrected chi connectivity index (χ3v) is 3.68. The van der Waals surface area contributed by atoms with Gasteiger partial charge < -0.3 is 10.4 Å². The van der Waals surface area contributed by atoms with Crippen molar-refractivity contribution in [2.24, 2.45) is 0 Å². The van der Waals surface area contributed by atoms with Crippen LogP contribution in [-0.4, -0.2) is 29.1 Å². The quantitative estimate of drug-likeness (QED) is 0.793. The monoisotopic (exact) mass is 317 g/mol. The second kappa shape index (κ2) is 7.74. The molecule has 5 heteroatoms. The van der Waals surface area contributed by atoms with Crippen LogP contribution in [0.25, 0.3) is 0 Å².